The van der Waals surface area contributed by atoms with Gasteiger partial charge in [0.05, 0.1) is 49.5 Å². The monoisotopic (exact) mass is 782 g/mol. The van der Waals surface area contributed by atoms with Gasteiger partial charge in [-0.25, -0.2) is 0 Å². The summed E-state index contributed by atoms with van der Waals surface area (Å²) >= 11 is 0. The Labute approximate surface area is 333 Å². The fourth-order valence-corrected chi connectivity index (χ4v) is 10.4. The van der Waals surface area contributed by atoms with Crippen LogP contribution in [0.25, 0.3) is 0 Å². The highest BCUT2D eigenvalue weighted by Crippen LogP contribution is 2.46. The van der Waals surface area contributed by atoms with Gasteiger partial charge in [-0.2, -0.15) is 0 Å². The van der Waals surface area contributed by atoms with Crippen molar-refractivity contribution in [2.45, 2.75) is 142 Å². The number of esters is 2. The van der Waals surface area contributed by atoms with E-state index in [0.29, 0.717) is 12.8 Å². The molecule has 0 saturated carbocycles. The number of carbonyl (C=O) groups is 3. The molecule has 12 heteroatoms. The van der Waals surface area contributed by atoms with Gasteiger partial charge in [0.2, 0.25) is 0 Å². The van der Waals surface area contributed by atoms with Crippen molar-refractivity contribution in [2.24, 2.45) is 35.5 Å². The number of ketones is 1. The first-order valence-electron chi connectivity index (χ1n) is 20.8. The van der Waals surface area contributed by atoms with E-state index < -0.39 is 83.4 Å². The number of cyclic esters (lactones) is 1. The van der Waals surface area contributed by atoms with Gasteiger partial charge in [0.15, 0.2) is 6.29 Å². The fraction of sp³-hybridized carbons (Fsp3) is 0.750. The highest BCUT2D eigenvalue weighted by atomic mass is 16.7. The predicted octanol–water partition coefficient (Wildman–Crippen LogP) is 5.34. The number of aliphatic hydroxyl groups is 1. The minimum Gasteiger partial charge on any atom is -0.458 e. The van der Waals surface area contributed by atoms with E-state index in [1.54, 1.807) is 6.92 Å². The molecule has 2 bridgehead atoms. The van der Waals surface area contributed by atoms with Crippen LogP contribution < -0.4 is 5.32 Å². The number of nitrogens with one attached hydrogen (secondary N) is 1. The summed E-state index contributed by atoms with van der Waals surface area (Å²) in [7, 11) is 3.86. The minimum atomic E-state index is -1.18. The number of benzene rings is 1. The molecule has 312 valence electrons. The second-order valence-electron chi connectivity index (χ2n) is 18.1. The van der Waals surface area contributed by atoms with Crippen LogP contribution in [0.3, 0.4) is 0 Å². The molecule has 0 radical (unpaired) electrons. The number of hydrogen-bond acceptors (Lipinski definition) is 12. The predicted molar refractivity (Wildman–Crippen MR) is 211 cm³/mol. The van der Waals surface area contributed by atoms with Gasteiger partial charge < -0.3 is 43.7 Å². The normalized spacial score (nSPS) is 43.4. The van der Waals surface area contributed by atoms with Crippen LogP contribution in [0, 0.1) is 35.5 Å². The summed E-state index contributed by atoms with van der Waals surface area (Å²) in [5.41, 5.74) is 0.994. The Morgan fingerprint density at radius 3 is 2.46 bits per heavy atom. The van der Waals surface area contributed by atoms with Crippen LogP contribution in [-0.4, -0.2) is 116 Å². The van der Waals surface area contributed by atoms with Gasteiger partial charge in [0, 0.05) is 41.9 Å². The topological polar surface area (TPSA) is 142 Å². The number of anilines is 1. The lowest BCUT2D eigenvalue weighted by Crippen LogP contribution is -2.60. The van der Waals surface area contributed by atoms with Crippen LogP contribution in [0.15, 0.2) is 35.9 Å². The Bertz CT molecular complexity index is 1620. The molecule has 5 heterocycles. The first kappa shape index (κ1) is 42.7. The van der Waals surface area contributed by atoms with Gasteiger partial charge in [-0.15, -0.1) is 0 Å². The van der Waals surface area contributed by atoms with Gasteiger partial charge in [0.25, 0.3) is 0 Å². The summed E-state index contributed by atoms with van der Waals surface area (Å²) < 4.78 is 39.6. The molecule has 12 nitrogen and oxygen atoms in total. The molecule has 15 atom stereocenters. The molecule has 0 spiro atoms. The zero-order valence-corrected chi connectivity index (χ0v) is 35.1. The summed E-state index contributed by atoms with van der Waals surface area (Å²) in [6.45, 7) is 16.3. The lowest BCUT2D eigenvalue weighted by atomic mass is 9.70. The number of fused-ring (bicyclic) bond motifs is 5. The largest absolute Gasteiger partial charge is 0.458 e. The fourth-order valence-electron chi connectivity index (χ4n) is 10.4. The van der Waals surface area contributed by atoms with Gasteiger partial charge in [0.1, 0.15) is 23.6 Å². The number of Topliss-reactive ketones (excluding diaryl/α,β-unsaturated/α-hetero) is 1. The Hall–Kier alpha value is -2.87. The van der Waals surface area contributed by atoms with E-state index in [-0.39, 0.29) is 49.9 Å². The van der Waals surface area contributed by atoms with Crippen LogP contribution >= 0.6 is 0 Å². The summed E-state index contributed by atoms with van der Waals surface area (Å²) in [4.78, 5) is 43.9. The Kier molecular flexibility index (Phi) is 13.1. The van der Waals surface area contributed by atoms with E-state index in [2.05, 4.69) is 29.6 Å². The third kappa shape index (κ3) is 8.61. The third-order valence-electron chi connectivity index (χ3n) is 13.6. The molecule has 6 rings (SSSR count). The van der Waals surface area contributed by atoms with Crippen molar-refractivity contribution >= 4 is 23.4 Å². The highest BCUT2D eigenvalue weighted by Gasteiger charge is 2.57. The van der Waals surface area contributed by atoms with Crippen molar-refractivity contribution in [3.05, 3.63) is 41.5 Å². The molecule has 1 aromatic carbocycles. The van der Waals surface area contributed by atoms with E-state index in [4.69, 9.17) is 28.4 Å². The van der Waals surface area contributed by atoms with Gasteiger partial charge in [-0.05, 0) is 90.6 Å². The second kappa shape index (κ2) is 17.2. The van der Waals surface area contributed by atoms with Gasteiger partial charge >= 0.3 is 11.9 Å². The van der Waals surface area contributed by atoms with Crippen LogP contribution in [0.1, 0.15) is 86.6 Å². The standard InChI is InChI=1S/C44H66N2O10/c1-11-35-44(8)32(19-36(47)56-44)26(4)37(48)24(2)20-43(7)40(55-42-38(49)34(46(9)10)16-25(3)53-42)27(5)39(28(6)41(50)54-35)51-22-30(23-52-43)17-29-18-31-14-12-13-15-33(31)45-21-29/h12-15,17,24-29,32,34-35,38-40,42,45,49H,11,16,18-23H2,1-10H3/b30-17-/t24-,25-,26-,27+,28-,29?,32+,34+,35-,38-,39+,40-,42+,43-,44+/m1/s1. The summed E-state index contributed by atoms with van der Waals surface area (Å²) in [6, 6.07) is 8.10. The number of hydrogen-bond donors (Lipinski definition) is 2. The molecule has 2 N–H and O–H groups in total. The quantitative estimate of drug-likeness (QED) is 0.294. The van der Waals surface area contributed by atoms with E-state index in [9.17, 15) is 19.5 Å². The van der Waals surface area contributed by atoms with Crippen LogP contribution in [0.5, 0.6) is 0 Å². The zero-order chi connectivity index (χ0) is 40.7. The SMILES string of the molecule is CC[C@H]1OC(=O)[C@H](C)[C@H]2OC/C(=C/C3CNc4ccccc4C3)CO[C@](C)(C[C@@H](C)C(=O)[C@H](C)[C@@H]3CC(=O)O[C@]13C)[C@H](O[C@@H]1O[C@H](C)C[C@H](N(C)C)[C@H]1O)[C@H]2C. The van der Waals surface area contributed by atoms with Crippen molar-refractivity contribution in [1.29, 1.82) is 0 Å². The Morgan fingerprint density at radius 2 is 1.75 bits per heavy atom. The number of ether oxygens (including phenoxy) is 6. The minimum absolute atomic E-state index is 0.0343. The molecule has 4 fully saturated rings. The number of carbonyl (C=O) groups excluding carboxylic acids is 3. The van der Waals surface area contributed by atoms with Crippen molar-refractivity contribution < 1.29 is 47.9 Å². The molecule has 4 saturated heterocycles. The van der Waals surface area contributed by atoms with Crippen molar-refractivity contribution in [2.75, 3.05) is 39.2 Å². The van der Waals surface area contributed by atoms with Gasteiger partial charge in [-0.1, -0.05) is 52.0 Å². The van der Waals surface area contributed by atoms with Crippen LogP contribution in [0.4, 0.5) is 5.69 Å². The van der Waals surface area contributed by atoms with E-state index in [1.165, 1.54) is 5.56 Å². The highest BCUT2D eigenvalue weighted by molar-refractivity contribution is 5.85. The maximum atomic E-state index is 14.6. The first-order chi connectivity index (χ1) is 26.4. The summed E-state index contributed by atoms with van der Waals surface area (Å²) in [5, 5.41) is 15.3. The van der Waals surface area contributed by atoms with E-state index in [0.717, 1.165) is 24.2 Å². The maximum absolute atomic E-state index is 14.6. The molecular weight excluding hydrogens is 716 g/mol. The number of rotatable bonds is 5. The molecular formula is C44H66N2O10. The number of para-hydroxylation sites is 1. The molecule has 5 aliphatic heterocycles. The smallest absolute Gasteiger partial charge is 0.311 e. The molecule has 56 heavy (non-hydrogen) atoms. The second-order valence-corrected chi connectivity index (χ2v) is 18.1. The Balaban J connectivity index is 1.44. The molecule has 1 aromatic rings. The summed E-state index contributed by atoms with van der Waals surface area (Å²) in [6.07, 6.45) is -0.0701. The maximum Gasteiger partial charge on any atom is 0.311 e. The first-order valence-corrected chi connectivity index (χ1v) is 20.8. The average Bonchev–Trinajstić information content (AvgIpc) is 3.49. The van der Waals surface area contributed by atoms with E-state index in [1.807, 2.05) is 73.5 Å². The van der Waals surface area contributed by atoms with Crippen molar-refractivity contribution in [3.63, 3.8) is 0 Å². The van der Waals surface area contributed by atoms with Gasteiger partial charge in [-0.3, -0.25) is 14.4 Å². The molecule has 0 amide bonds. The summed E-state index contributed by atoms with van der Waals surface area (Å²) in [5.74, 6) is -3.65. The number of likely N-dealkylation sites (N-methyl/N-ethyl adjacent to an activating group) is 1. The zero-order valence-electron chi connectivity index (χ0n) is 35.1. The van der Waals surface area contributed by atoms with Crippen LogP contribution in [0.2, 0.25) is 0 Å². The van der Waals surface area contributed by atoms with Crippen LogP contribution in [-0.2, 0) is 49.2 Å². The van der Waals surface area contributed by atoms with E-state index >= 15 is 0 Å². The van der Waals surface area contributed by atoms with Crippen molar-refractivity contribution in [3.8, 4) is 0 Å². The lowest BCUT2D eigenvalue weighted by Gasteiger charge is -2.48. The molecule has 0 aliphatic carbocycles. The number of nitrogens with zero attached hydrogens (tertiary/aromatic N) is 1. The lowest BCUT2D eigenvalue weighted by molar-refractivity contribution is -0.302. The average molecular weight is 783 g/mol. The number of aliphatic hydroxyl groups excluding tert-OH is 1. The third-order valence-corrected chi connectivity index (χ3v) is 13.6. The molecule has 5 aliphatic rings. The molecule has 1 unspecified atom stereocenters. The Morgan fingerprint density at radius 1 is 1.02 bits per heavy atom. The molecule has 0 aromatic heterocycles. The van der Waals surface area contributed by atoms with Crippen molar-refractivity contribution in [1.82, 2.24) is 4.90 Å².